The van der Waals surface area contributed by atoms with Gasteiger partial charge in [-0.1, -0.05) is 24.3 Å². The molecule has 0 fully saturated rings. The van der Waals surface area contributed by atoms with Crippen LogP contribution in [-0.4, -0.2) is 11.9 Å². The van der Waals surface area contributed by atoms with Crippen LogP contribution in [0.3, 0.4) is 0 Å². The Morgan fingerprint density at radius 2 is 2.08 bits per heavy atom. The van der Waals surface area contributed by atoms with Crippen LogP contribution in [0.25, 0.3) is 0 Å². The second-order valence-electron chi connectivity index (χ2n) is 2.49. The maximum absolute atomic E-state index is 11.0. The number of nitrogens with zero attached hydrogens (tertiary/aromatic N) is 1. The summed E-state index contributed by atoms with van der Waals surface area (Å²) in [5.74, 6) is 0. The van der Waals surface area contributed by atoms with Crippen LogP contribution in [0.15, 0.2) is 43.0 Å². The molecular formula is C10H10ClNO. The number of carbonyl (C=O) groups is 1. The maximum atomic E-state index is 11.0. The van der Waals surface area contributed by atoms with E-state index in [4.69, 9.17) is 11.6 Å². The van der Waals surface area contributed by atoms with Crippen LogP contribution in [0.1, 0.15) is 0 Å². The van der Waals surface area contributed by atoms with Crippen LogP contribution in [0, 0.1) is 0 Å². The molecule has 0 radical (unpaired) electrons. The number of amides is 1. The van der Waals surface area contributed by atoms with Crippen molar-refractivity contribution in [2.75, 3.05) is 11.4 Å². The second-order valence-corrected chi connectivity index (χ2v) is 2.81. The molecule has 3 heteroatoms. The molecule has 0 aliphatic rings. The Morgan fingerprint density at radius 3 is 2.54 bits per heavy atom. The van der Waals surface area contributed by atoms with Gasteiger partial charge in [-0.05, 0) is 23.7 Å². The van der Waals surface area contributed by atoms with Crippen molar-refractivity contribution in [3.8, 4) is 0 Å². The summed E-state index contributed by atoms with van der Waals surface area (Å²) in [6.45, 7) is 3.98. The van der Waals surface area contributed by atoms with Gasteiger partial charge in [0.15, 0.2) is 0 Å². The Hall–Kier alpha value is -1.28. The van der Waals surface area contributed by atoms with Gasteiger partial charge in [0.25, 0.3) is 0 Å². The van der Waals surface area contributed by atoms with Crippen LogP contribution < -0.4 is 4.90 Å². The Labute approximate surface area is 82.4 Å². The smallest absolute Gasteiger partial charge is 0.295 e. The molecule has 0 aromatic heterocycles. The summed E-state index contributed by atoms with van der Waals surface area (Å²) in [4.78, 5) is 12.4. The number of para-hydroxylation sites is 1. The molecule has 0 saturated heterocycles. The molecule has 0 heterocycles. The molecule has 68 valence electrons. The summed E-state index contributed by atoms with van der Waals surface area (Å²) >= 11 is 5.40. The lowest BCUT2D eigenvalue weighted by atomic mass is 10.3. The SMILES string of the molecule is C=CCN(C(=O)Cl)c1ccccc1. The molecule has 2 nitrogen and oxygen atoms in total. The zero-order valence-corrected chi connectivity index (χ0v) is 7.87. The fourth-order valence-corrected chi connectivity index (χ4v) is 1.18. The lowest BCUT2D eigenvalue weighted by Gasteiger charge is -2.17. The predicted molar refractivity (Wildman–Crippen MR) is 55.2 cm³/mol. The molecule has 1 aromatic carbocycles. The average molecular weight is 196 g/mol. The summed E-state index contributed by atoms with van der Waals surface area (Å²) in [7, 11) is 0. The van der Waals surface area contributed by atoms with E-state index in [0.29, 0.717) is 6.54 Å². The van der Waals surface area contributed by atoms with Crippen LogP contribution in [0.2, 0.25) is 0 Å². The number of carbonyl (C=O) groups excluding carboxylic acids is 1. The van der Waals surface area contributed by atoms with Crippen LogP contribution >= 0.6 is 11.6 Å². The summed E-state index contributed by atoms with van der Waals surface area (Å²) < 4.78 is 0. The van der Waals surface area contributed by atoms with Crippen molar-refractivity contribution in [3.63, 3.8) is 0 Å². The number of halogens is 1. The van der Waals surface area contributed by atoms with E-state index in [1.165, 1.54) is 4.90 Å². The predicted octanol–water partition coefficient (Wildman–Crippen LogP) is 3.04. The summed E-state index contributed by atoms with van der Waals surface area (Å²) in [6, 6.07) is 9.23. The van der Waals surface area contributed by atoms with Gasteiger partial charge in [-0.15, -0.1) is 6.58 Å². The maximum Gasteiger partial charge on any atom is 0.321 e. The minimum absolute atomic E-state index is 0.423. The zero-order chi connectivity index (χ0) is 9.68. The van der Waals surface area contributed by atoms with E-state index >= 15 is 0 Å². The molecule has 0 aliphatic carbocycles. The number of rotatable bonds is 3. The van der Waals surface area contributed by atoms with E-state index in [1.54, 1.807) is 6.08 Å². The van der Waals surface area contributed by atoms with Crippen LogP contribution in [0.5, 0.6) is 0 Å². The van der Waals surface area contributed by atoms with Gasteiger partial charge in [0.1, 0.15) is 0 Å². The highest BCUT2D eigenvalue weighted by atomic mass is 35.5. The van der Waals surface area contributed by atoms with Gasteiger partial charge in [0.05, 0.1) is 0 Å². The van der Waals surface area contributed by atoms with Crippen molar-refractivity contribution in [2.24, 2.45) is 0 Å². The Morgan fingerprint density at radius 1 is 1.46 bits per heavy atom. The third kappa shape index (κ3) is 2.60. The quantitative estimate of drug-likeness (QED) is 0.413. The van der Waals surface area contributed by atoms with Crippen molar-refractivity contribution in [1.29, 1.82) is 0 Å². The van der Waals surface area contributed by atoms with E-state index in [1.807, 2.05) is 30.3 Å². The molecule has 13 heavy (non-hydrogen) atoms. The standard InChI is InChI=1S/C10H10ClNO/c1-2-8-12(10(11)13)9-6-4-3-5-7-9/h2-7H,1,8H2. The van der Waals surface area contributed by atoms with Crippen molar-refractivity contribution in [1.82, 2.24) is 0 Å². The first kappa shape index (κ1) is 9.81. The van der Waals surface area contributed by atoms with Crippen molar-refractivity contribution < 1.29 is 4.79 Å². The lowest BCUT2D eigenvalue weighted by Crippen LogP contribution is -2.25. The number of benzene rings is 1. The molecule has 1 rings (SSSR count). The highest BCUT2D eigenvalue weighted by molar-refractivity contribution is 6.66. The van der Waals surface area contributed by atoms with Gasteiger partial charge < -0.3 is 0 Å². The van der Waals surface area contributed by atoms with E-state index in [9.17, 15) is 4.79 Å². The second kappa shape index (κ2) is 4.67. The van der Waals surface area contributed by atoms with E-state index < -0.39 is 5.37 Å². The van der Waals surface area contributed by atoms with Crippen LogP contribution in [0.4, 0.5) is 10.5 Å². The fraction of sp³-hybridized carbons (Fsp3) is 0.100. The van der Waals surface area contributed by atoms with Crippen LogP contribution in [-0.2, 0) is 0 Å². The number of hydrogen-bond donors (Lipinski definition) is 0. The Bertz CT molecular complexity index is 297. The minimum atomic E-state index is -0.494. The molecule has 0 bridgehead atoms. The van der Waals surface area contributed by atoms with Gasteiger partial charge in [0.2, 0.25) is 0 Å². The number of anilines is 1. The molecule has 0 aliphatic heterocycles. The van der Waals surface area contributed by atoms with Gasteiger partial charge in [-0.3, -0.25) is 9.69 Å². The highest BCUT2D eigenvalue weighted by Crippen LogP contribution is 2.14. The molecule has 0 N–H and O–H groups in total. The third-order valence-corrected chi connectivity index (χ3v) is 1.80. The lowest BCUT2D eigenvalue weighted by molar-refractivity contribution is 0.264. The molecule has 0 saturated carbocycles. The van der Waals surface area contributed by atoms with Gasteiger partial charge >= 0.3 is 5.37 Å². The topological polar surface area (TPSA) is 20.3 Å². The molecule has 0 atom stereocenters. The van der Waals surface area contributed by atoms with Crippen molar-refractivity contribution in [3.05, 3.63) is 43.0 Å². The third-order valence-electron chi connectivity index (χ3n) is 1.59. The monoisotopic (exact) mass is 195 g/mol. The van der Waals surface area contributed by atoms with Gasteiger partial charge in [-0.2, -0.15) is 0 Å². The zero-order valence-electron chi connectivity index (χ0n) is 7.11. The fourth-order valence-electron chi connectivity index (χ4n) is 1.02. The Balaban J connectivity index is 2.88. The molecule has 1 aromatic rings. The van der Waals surface area contributed by atoms with Gasteiger partial charge in [-0.25, -0.2) is 0 Å². The highest BCUT2D eigenvalue weighted by Gasteiger charge is 2.09. The van der Waals surface area contributed by atoms with Gasteiger partial charge in [0, 0.05) is 12.2 Å². The Kier molecular flexibility index (Phi) is 3.53. The average Bonchev–Trinajstić information content (AvgIpc) is 2.15. The first-order chi connectivity index (χ1) is 6.25. The van der Waals surface area contributed by atoms with E-state index in [2.05, 4.69) is 6.58 Å². The minimum Gasteiger partial charge on any atom is -0.295 e. The largest absolute Gasteiger partial charge is 0.321 e. The molecule has 0 unspecified atom stereocenters. The first-order valence-corrected chi connectivity index (χ1v) is 4.26. The first-order valence-electron chi connectivity index (χ1n) is 3.88. The normalized spacial score (nSPS) is 9.31. The van der Waals surface area contributed by atoms with E-state index in [-0.39, 0.29) is 0 Å². The molecule has 0 spiro atoms. The molecular weight excluding hydrogens is 186 g/mol. The summed E-state index contributed by atoms with van der Waals surface area (Å²) in [5, 5.41) is -0.494. The molecule has 1 amide bonds. The summed E-state index contributed by atoms with van der Waals surface area (Å²) in [5.41, 5.74) is 0.780. The van der Waals surface area contributed by atoms with Crippen molar-refractivity contribution in [2.45, 2.75) is 0 Å². The van der Waals surface area contributed by atoms with E-state index in [0.717, 1.165) is 5.69 Å². The van der Waals surface area contributed by atoms with Crippen molar-refractivity contribution >= 4 is 22.7 Å². The summed E-state index contributed by atoms with van der Waals surface area (Å²) in [6.07, 6.45) is 1.63. The number of hydrogen-bond acceptors (Lipinski definition) is 1.